The van der Waals surface area contributed by atoms with Crippen LogP contribution in [0.25, 0.3) is 0 Å². The maximum absolute atomic E-state index is 12.0. The molecule has 0 fully saturated rings. The normalized spacial score (nSPS) is 10.5. The molecule has 2 rings (SSSR count). The van der Waals surface area contributed by atoms with Gasteiger partial charge in [0.05, 0.1) is 0 Å². The first-order valence-electron chi connectivity index (χ1n) is 6.61. The Labute approximate surface area is 118 Å². The van der Waals surface area contributed by atoms with Gasteiger partial charge in [0, 0.05) is 25.6 Å². The second kappa shape index (κ2) is 6.81. The molecule has 1 aromatic heterocycles. The van der Waals surface area contributed by atoms with E-state index in [4.69, 9.17) is 5.73 Å². The van der Waals surface area contributed by atoms with Crippen LogP contribution in [0.4, 0.5) is 0 Å². The third kappa shape index (κ3) is 3.64. The molecule has 1 aromatic carbocycles. The average molecular weight is 273 g/mol. The number of nitrogens with two attached hydrogens (primary N) is 1. The Balaban J connectivity index is 1.88. The Bertz CT molecular complexity index is 578. The SMILES string of the molecule is Cn1cnnc1CCNC(=O)c1cccc(CCN)c1. The van der Waals surface area contributed by atoms with Crippen molar-refractivity contribution in [1.82, 2.24) is 20.1 Å². The fourth-order valence-electron chi connectivity index (χ4n) is 1.96. The number of rotatable bonds is 6. The van der Waals surface area contributed by atoms with E-state index in [0.717, 1.165) is 17.8 Å². The summed E-state index contributed by atoms with van der Waals surface area (Å²) in [6, 6.07) is 7.54. The standard InChI is InChI=1S/C14H19N5O/c1-19-10-17-18-13(19)6-8-16-14(20)12-4-2-3-11(9-12)5-7-15/h2-4,9-10H,5-8,15H2,1H3,(H,16,20). The van der Waals surface area contributed by atoms with Crippen molar-refractivity contribution in [2.45, 2.75) is 12.8 Å². The lowest BCUT2D eigenvalue weighted by Crippen LogP contribution is -2.26. The quantitative estimate of drug-likeness (QED) is 0.792. The highest BCUT2D eigenvalue weighted by Gasteiger charge is 2.07. The second-order valence-corrected chi connectivity index (χ2v) is 4.60. The van der Waals surface area contributed by atoms with Gasteiger partial charge >= 0.3 is 0 Å². The zero-order chi connectivity index (χ0) is 14.4. The summed E-state index contributed by atoms with van der Waals surface area (Å²) in [4.78, 5) is 12.0. The van der Waals surface area contributed by atoms with E-state index in [1.54, 1.807) is 12.4 Å². The van der Waals surface area contributed by atoms with Crippen molar-refractivity contribution in [3.63, 3.8) is 0 Å². The van der Waals surface area contributed by atoms with Crippen molar-refractivity contribution in [1.29, 1.82) is 0 Å². The number of hydrogen-bond acceptors (Lipinski definition) is 4. The van der Waals surface area contributed by atoms with E-state index in [1.807, 2.05) is 29.8 Å². The van der Waals surface area contributed by atoms with Gasteiger partial charge in [0.15, 0.2) is 0 Å². The van der Waals surface area contributed by atoms with Crippen molar-refractivity contribution >= 4 is 5.91 Å². The molecule has 0 spiro atoms. The van der Waals surface area contributed by atoms with Gasteiger partial charge in [0.2, 0.25) is 0 Å². The zero-order valence-electron chi connectivity index (χ0n) is 11.5. The Hall–Kier alpha value is -2.21. The molecule has 1 amide bonds. The maximum atomic E-state index is 12.0. The van der Waals surface area contributed by atoms with Crippen molar-refractivity contribution in [3.05, 3.63) is 47.5 Å². The van der Waals surface area contributed by atoms with E-state index in [-0.39, 0.29) is 5.91 Å². The summed E-state index contributed by atoms with van der Waals surface area (Å²) in [7, 11) is 1.88. The molecule has 0 bridgehead atoms. The molecule has 0 saturated heterocycles. The molecule has 6 nitrogen and oxygen atoms in total. The minimum Gasteiger partial charge on any atom is -0.352 e. The molecule has 0 unspecified atom stereocenters. The van der Waals surface area contributed by atoms with Gasteiger partial charge in [-0.25, -0.2) is 0 Å². The Morgan fingerprint density at radius 3 is 2.95 bits per heavy atom. The molecule has 3 N–H and O–H groups in total. The monoisotopic (exact) mass is 273 g/mol. The van der Waals surface area contributed by atoms with Crippen LogP contribution in [-0.2, 0) is 19.9 Å². The van der Waals surface area contributed by atoms with Crippen LogP contribution in [0.2, 0.25) is 0 Å². The summed E-state index contributed by atoms with van der Waals surface area (Å²) >= 11 is 0. The van der Waals surface area contributed by atoms with Crippen molar-refractivity contribution in [3.8, 4) is 0 Å². The first-order chi connectivity index (χ1) is 9.70. The lowest BCUT2D eigenvalue weighted by molar-refractivity contribution is 0.0954. The van der Waals surface area contributed by atoms with Crippen LogP contribution in [0.5, 0.6) is 0 Å². The first kappa shape index (κ1) is 14.2. The number of aryl methyl sites for hydroxylation is 1. The van der Waals surface area contributed by atoms with Gasteiger partial charge in [0.25, 0.3) is 5.91 Å². The van der Waals surface area contributed by atoms with Crippen molar-refractivity contribution in [2.24, 2.45) is 12.8 Å². The highest BCUT2D eigenvalue weighted by atomic mass is 16.1. The second-order valence-electron chi connectivity index (χ2n) is 4.60. The number of nitrogens with zero attached hydrogens (tertiary/aromatic N) is 3. The number of nitrogens with one attached hydrogen (secondary N) is 1. The third-order valence-corrected chi connectivity index (χ3v) is 3.06. The fraction of sp³-hybridized carbons (Fsp3) is 0.357. The number of carbonyl (C=O) groups excluding carboxylic acids is 1. The zero-order valence-corrected chi connectivity index (χ0v) is 11.5. The number of aromatic nitrogens is 3. The minimum absolute atomic E-state index is 0.0777. The van der Waals surface area contributed by atoms with Crippen molar-refractivity contribution in [2.75, 3.05) is 13.1 Å². The molecule has 0 aliphatic carbocycles. The summed E-state index contributed by atoms with van der Waals surface area (Å²) in [6.45, 7) is 1.11. The topological polar surface area (TPSA) is 85.8 Å². The fourth-order valence-corrected chi connectivity index (χ4v) is 1.96. The lowest BCUT2D eigenvalue weighted by Gasteiger charge is -2.06. The molecular formula is C14H19N5O. The van der Waals surface area contributed by atoms with Crippen LogP contribution in [0.1, 0.15) is 21.7 Å². The largest absolute Gasteiger partial charge is 0.352 e. The highest BCUT2D eigenvalue weighted by Crippen LogP contribution is 2.05. The molecule has 106 valence electrons. The lowest BCUT2D eigenvalue weighted by atomic mass is 10.1. The van der Waals surface area contributed by atoms with Crippen molar-refractivity contribution < 1.29 is 4.79 Å². The Morgan fingerprint density at radius 1 is 1.40 bits per heavy atom. The Kier molecular flexibility index (Phi) is 4.84. The van der Waals surface area contributed by atoms with Gasteiger partial charge in [-0.3, -0.25) is 4.79 Å². The van der Waals surface area contributed by atoms with E-state index >= 15 is 0 Å². The maximum Gasteiger partial charge on any atom is 0.251 e. The van der Waals surface area contributed by atoms with E-state index in [1.165, 1.54) is 0 Å². The third-order valence-electron chi connectivity index (χ3n) is 3.06. The summed E-state index contributed by atoms with van der Waals surface area (Å²) in [5.74, 6) is 0.772. The summed E-state index contributed by atoms with van der Waals surface area (Å²) < 4.78 is 1.84. The molecule has 20 heavy (non-hydrogen) atoms. The molecule has 0 radical (unpaired) electrons. The minimum atomic E-state index is -0.0777. The number of benzene rings is 1. The van der Waals surface area contributed by atoms with E-state index in [9.17, 15) is 4.79 Å². The Morgan fingerprint density at radius 2 is 2.25 bits per heavy atom. The average Bonchev–Trinajstić information content (AvgIpc) is 2.85. The highest BCUT2D eigenvalue weighted by molar-refractivity contribution is 5.94. The van der Waals surface area contributed by atoms with Gasteiger partial charge < -0.3 is 15.6 Å². The van der Waals surface area contributed by atoms with Gasteiger partial charge in [-0.1, -0.05) is 12.1 Å². The molecule has 0 aliphatic heterocycles. The molecule has 2 aromatic rings. The van der Waals surface area contributed by atoms with Gasteiger partial charge in [0.1, 0.15) is 12.2 Å². The number of carbonyl (C=O) groups is 1. The number of hydrogen-bond donors (Lipinski definition) is 2. The van der Waals surface area contributed by atoms with Gasteiger partial charge in [-0.15, -0.1) is 10.2 Å². The van der Waals surface area contributed by atoms with Gasteiger partial charge in [-0.2, -0.15) is 0 Å². The van der Waals surface area contributed by atoms with Crippen LogP contribution in [-0.4, -0.2) is 33.8 Å². The van der Waals surface area contributed by atoms with Crippen LogP contribution >= 0.6 is 0 Å². The van der Waals surface area contributed by atoms with Crippen LogP contribution < -0.4 is 11.1 Å². The predicted molar refractivity (Wildman–Crippen MR) is 76.2 cm³/mol. The molecular weight excluding hydrogens is 254 g/mol. The summed E-state index contributed by atoms with van der Waals surface area (Å²) in [5, 5.41) is 10.7. The molecule has 1 heterocycles. The van der Waals surface area contributed by atoms with Crippen LogP contribution in [0.15, 0.2) is 30.6 Å². The first-order valence-corrected chi connectivity index (χ1v) is 6.61. The van der Waals surface area contributed by atoms with Crippen LogP contribution in [0, 0.1) is 0 Å². The van der Waals surface area contributed by atoms with Gasteiger partial charge in [-0.05, 0) is 30.7 Å². The molecule has 0 aliphatic rings. The predicted octanol–water partition coefficient (Wildman–Crippen LogP) is 0.289. The smallest absolute Gasteiger partial charge is 0.251 e. The van der Waals surface area contributed by atoms with E-state index in [0.29, 0.717) is 25.1 Å². The molecule has 6 heteroatoms. The molecule has 0 saturated carbocycles. The summed E-state index contributed by atoms with van der Waals surface area (Å²) in [6.07, 6.45) is 3.08. The summed E-state index contributed by atoms with van der Waals surface area (Å²) in [5.41, 5.74) is 7.26. The molecule has 0 atom stereocenters. The van der Waals surface area contributed by atoms with E-state index < -0.39 is 0 Å². The van der Waals surface area contributed by atoms with E-state index in [2.05, 4.69) is 15.5 Å². The van der Waals surface area contributed by atoms with Crippen LogP contribution in [0.3, 0.4) is 0 Å². The number of amides is 1.